The number of halogens is 9. The summed E-state index contributed by atoms with van der Waals surface area (Å²) in [4.78, 5) is 11.0. The molecule has 4 rings (SSSR count). The standard InChI is InChI=1S/C25H12F9NO3Si/c26-10-4-15(29)21(16(30)5-10)13-2-1-3-14(24(13)35(36)37)25(38-39,22-17(31)6-11(27)7-18(22)32)23-19(33)8-12(28)9-20(23)34/h1-9H,39H3. The van der Waals surface area contributed by atoms with Crippen molar-refractivity contribution in [3.63, 3.8) is 0 Å². The highest BCUT2D eigenvalue weighted by molar-refractivity contribution is 5.99. The molecule has 0 aliphatic rings. The van der Waals surface area contributed by atoms with E-state index in [9.17, 15) is 32.1 Å². The molecule has 0 fully saturated rings. The number of nitro groups is 1. The van der Waals surface area contributed by atoms with Gasteiger partial charge in [0, 0.05) is 36.4 Å². The SMILES string of the molecule is O=[N+]([O-])c1c(-c2c(F)cc(F)cc2F)cccc1C(O[SiH3])(c1c(F)cc(F)cc1F)c1c(F)cc(F)cc1F. The second kappa shape index (κ2) is 10.2. The van der Waals surface area contributed by atoms with E-state index in [1.54, 1.807) is 0 Å². The molecule has 202 valence electrons. The van der Waals surface area contributed by atoms with E-state index in [1.807, 2.05) is 0 Å². The highest BCUT2D eigenvalue weighted by atomic mass is 28.2. The summed E-state index contributed by atoms with van der Waals surface area (Å²) in [5.74, 6) is -14.8. The molecule has 0 heterocycles. The number of nitro benzene ring substituents is 1. The lowest BCUT2D eigenvalue weighted by Crippen LogP contribution is -2.37. The number of hydrogen-bond donors (Lipinski definition) is 0. The van der Waals surface area contributed by atoms with Gasteiger partial charge in [0.2, 0.25) is 0 Å². The third-order valence-corrected chi connectivity index (χ3v) is 6.51. The fourth-order valence-corrected chi connectivity index (χ4v) is 5.12. The molecule has 0 unspecified atom stereocenters. The van der Waals surface area contributed by atoms with Crippen LogP contribution in [-0.2, 0) is 10.0 Å². The smallest absolute Gasteiger partial charge is 0.284 e. The summed E-state index contributed by atoms with van der Waals surface area (Å²) in [6.45, 7) is 0. The molecule has 0 saturated carbocycles. The summed E-state index contributed by atoms with van der Waals surface area (Å²) in [7, 11) is -0.679. The Hall–Kier alpha value is -4.17. The number of benzene rings is 4. The highest BCUT2D eigenvalue weighted by Crippen LogP contribution is 2.50. The zero-order chi connectivity index (χ0) is 28.8. The molecule has 39 heavy (non-hydrogen) atoms. The molecule has 0 amide bonds. The maximum Gasteiger partial charge on any atom is 0.284 e. The Morgan fingerprint density at radius 1 is 0.667 bits per heavy atom. The molecule has 0 aliphatic carbocycles. The minimum atomic E-state index is -3.29. The van der Waals surface area contributed by atoms with Crippen LogP contribution in [0.2, 0.25) is 0 Å². The third-order valence-electron chi connectivity index (χ3n) is 5.90. The van der Waals surface area contributed by atoms with Crippen LogP contribution in [0.4, 0.5) is 45.2 Å². The largest absolute Gasteiger partial charge is 0.410 e. The predicted molar refractivity (Wildman–Crippen MR) is 122 cm³/mol. The lowest BCUT2D eigenvalue weighted by molar-refractivity contribution is -0.385. The van der Waals surface area contributed by atoms with E-state index >= 15 is 17.6 Å². The molecule has 0 bridgehead atoms. The lowest BCUT2D eigenvalue weighted by atomic mass is 9.77. The monoisotopic (exact) mass is 573 g/mol. The Morgan fingerprint density at radius 2 is 1.05 bits per heavy atom. The molecular weight excluding hydrogens is 561 g/mol. The number of rotatable bonds is 6. The van der Waals surface area contributed by atoms with Gasteiger partial charge < -0.3 is 4.43 Å². The maximum atomic E-state index is 15.2. The Morgan fingerprint density at radius 3 is 1.41 bits per heavy atom. The fraction of sp³-hybridized carbons (Fsp3) is 0.0400. The minimum absolute atomic E-state index is 0.0993. The van der Waals surface area contributed by atoms with Crippen molar-refractivity contribution >= 4 is 16.2 Å². The summed E-state index contributed by atoms with van der Waals surface area (Å²) in [6, 6.07) is 3.19. The summed E-state index contributed by atoms with van der Waals surface area (Å²) < 4.78 is 137. The molecule has 0 aliphatic heterocycles. The van der Waals surface area contributed by atoms with Gasteiger partial charge in [-0.15, -0.1) is 0 Å². The van der Waals surface area contributed by atoms with Crippen molar-refractivity contribution < 1.29 is 48.9 Å². The molecule has 0 spiro atoms. The molecule has 4 nitrogen and oxygen atoms in total. The van der Waals surface area contributed by atoms with Gasteiger partial charge >= 0.3 is 0 Å². The maximum absolute atomic E-state index is 15.2. The van der Waals surface area contributed by atoms with Gasteiger partial charge in [0.15, 0.2) is 5.60 Å². The highest BCUT2D eigenvalue weighted by Gasteiger charge is 2.49. The molecule has 0 radical (unpaired) electrons. The lowest BCUT2D eigenvalue weighted by Gasteiger charge is -2.35. The average molecular weight is 573 g/mol. The molecule has 14 heteroatoms. The molecular formula is C25H12F9NO3Si. The van der Waals surface area contributed by atoms with Crippen LogP contribution < -0.4 is 0 Å². The van der Waals surface area contributed by atoms with Crippen LogP contribution in [0.15, 0.2) is 54.6 Å². The summed E-state index contributed by atoms with van der Waals surface area (Å²) in [6.07, 6.45) is 0. The molecule has 0 N–H and O–H groups in total. The van der Waals surface area contributed by atoms with Crippen molar-refractivity contribution in [3.8, 4) is 11.1 Å². The second-order valence-corrected chi connectivity index (χ2v) is 8.49. The first-order chi connectivity index (χ1) is 18.3. The van der Waals surface area contributed by atoms with Crippen LogP contribution >= 0.6 is 0 Å². The molecule has 4 aromatic rings. The van der Waals surface area contributed by atoms with E-state index in [1.165, 1.54) is 0 Å². The zero-order valence-electron chi connectivity index (χ0n) is 19.3. The Labute approximate surface area is 216 Å². The first-order valence-electron chi connectivity index (χ1n) is 10.6. The van der Waals surface area contributed by atoms with Crippen molar-refractivity contribution in [2.24, 2.45) is 0 Å². The number of nitrogens with zero attached hydrogens (tertiary/aromatic N) is 1. The van der Waals surface area contributed by atoms with E-state index < -0.39 is 107 Å². The predicted octanol–water partition coefficient (Wildman–Crippen LogP) is 6.10. The topological polar surface area (TPSA) is 52.4 Å². The van der Waals surface area contributed by atoms with Crippen molar-refractivity contribution in [2.45, 2.75) is 5.60 Å². The first-order valence-corrected chi connectivity index (χ1v) is 11.4. The van der Waals surface area contributed by atoms with Crippen LogP contribution in [0.3, 0.4) is 0 Å². The summed E-state index contributed by atoms with van der Waals surface area (Å²) >= 11 is 0. The Balaban J connectivity index is 2.28. The van der Waals surface area contributed by atoms with Gasteiger partial charge in [-0.3, -0.25) is 10.1 Å². The van der Waals surface area contributed by atoms with Crippen LogP contribution in [-0.4, -0.2) is 15.4 Å². The van der Waals surface area contributed by atoms with E-state index in [0.717, 1.165) is 18.2 Å². The summed E-state index contributed by atoms with van der Waals surface area (Å²) in [5.41, 5.74) is -10.7. The zero-order valence-corrected chi connectivity index (χ0v) is 21.3. The van der Waals surface area contributed by atoms with Gasteiger partial charge in [-0.1, -0.05) is 6.07 Å². The van der Waals surface area contributed by atoms with Crippen LogP contribution in [0.5, 0.6) is 0 Å². The Kier molecular flexibility index (Phi) is 7.27. The van der Waals surface area contributed by atoms with Gasteiger partial charge in [-0.25, -0.2) is 39.5 Å². The van der Waals surface area contributed by atoms with Gasteiger partial charge in [-0.05, 0) is 12.1 Å². The van der Waals surface area contributed by atoms with Crippen LogP contribution in [0.1, 0.15) is 16.7 Å². The van der Waals surface area contributed by atoms with E-state index in [4.69, 9.17) is 4.43 Å². The van der Waals surface area contributed by atoms with Crippen molar-refractivity contribution in [1.82, 2.24) is 0 Å². The summed E-state index contributed by atoms with van der Waals surface area (Å²) in [5, 5.41) is 12.3. The van der Waals surface area contributed by atoms with E-state index in [2.05, 4.69) is 0 Å². The molecule has 0 aromatic heterocycles. The van der Waals surface area contributed by atoms with Gasteiger partial charge in [0.05, 0.1) is 32.7 Å². The van der Waals surface area contributed by atoms with E-state index in [0.29, 0.717) is 0 Å². The number of para-hydroxylation sites is 1. The number of hydrogen-bond acceptors (Lipinski definition) is 3. The molecule has 4 aromatic carbocycles. The van der Waals surface area contributed by atoms with Gasteiger partial charge in [0.1, 0.15) is 62.8 Å². The van der Waals surface area contributed by atoms with Crippen molar-refractivity contribution in [1.29, 1.82) is 0 Å². The molecule has 0 saturated heterocycles. The van der Waals surface area contributed by atoms with Crippen molar-refractivity contribution in [2.75, 3.05) is 0 Å². The van der Waals surface area contributed by atoms with Crippen LogP contribution in [0.25, 0.3) is 11.1 Å². The van der Waals surface area contributed by atoms with Crippen molar-refractivity contribution in [3.05, 3.63) is 134 Å². The van der Waals surface area contributed by atoms with Gasteiger partial charge in [-0.2, -0.15) is 0 Å². The first kappa shape index (κ1) is 27.9. The fourth-order valence-electron chi connectivity index (χ4n) is 4.49. The van der Waals surface area contributed by atoms with Gasteiger partial charge in [0.25, 0.3) is 5.69 Å². The third kappa shape index (κ3) is 4.55. The van der Waals surface area contributed by atoms with E-state index in [-0.39, 0.29) is 36.4 Å². The second-order valence-electron chi connectivity index (χ2n) is 8.08. The normalized spacial score (nSPS) is 11.7. The van der Waals surface area contributed by atoms with Crippen LogP contribution in [0, 0.1) is 62.5 Å². The average Bonchev–Trinajstić information content (AvgIpc) is 2.80. The minimum Gasteiger partial charge on any atom is -0.410 e. The Bertz CT molecular complexity index is 1520. The molecule has 0 atom stereocenters. The quantitative estimate of drug-likeness (QED) is 0.0921.